The molecule has 0 fully saturated rings. The van der Waals surface area contributed by atoms with E-state index < -0.39 is 0 Å². The third-order valence-corrected chi connectivity index (χ3v) is 4.08. The minimum atomic E-state index is 0.387. The summed E-state index contributed by atoms with van der Waals surface area (Å²) in [6.45, 7) is 21.3. The molecule has 0 aliphatic heterocycles. The Morgan fingerprint density at radius 2 is 1.14 bits per heavy atom. The highest BCUT2D eigenvalue weighted by Crippen LogP contribution is 2.47. The summed E-state index contributed by atoms with van der Waals surface area (Å²) in [6.07, 6.45) is 1.30. The molecule has 14 heavy (non-hydrogen) atoms. The van der Waals surface area contributed by atoms with Crippen LogP contribution < -0.4 is 0 Å². The van der Waals surface area contributed by atoms with Crippen LogP contribution in [0.5, 0.6) is 0 Å². The Hall–Kier alpha value is 0. The Kier molecular flexibility index (Phi) is 3.87. The third kappa shape index (κ3) is 3.63. The van der Waals surface area contributed by atoms with E-state index in [9.17, 15) is 0 Å². The molecule has 86 valence electrons. The first kappa shape index (κ1) is 14.0. The van der Waals surface area contributed by atoms with Gasteiger partial charge in [-0.1, -0.05) is 62.3 Å². The van der Waals surface area contributed by atoms with Crippen LogP contribution in [0.25, 0.3) is 0 Å². The van der Waals surface area contributed by atoms with Gasteiger partial charge in [-0.15, -0.1) is 0 Å². The first-order valence-corrected chi connectivity index (χ1v) is 5.88. The number of hydrogen-bond donors (Lipinski definition) is 0. The summed E-state index contributed by atoms with van der Waals surface area (Å²) < 4.78 is 0. The average Bonchev–Trinajstić information content (AvgIpc) is 1.80. The van der Waals surface area contributed by atoms with Gasteiger partial charge in [-0.05, 0) is 28.6 Å². The first-order chi connectivity index (χ1) is 5.88. The van der Waals surface area contributed by atoms with Crippen molar-refractivity contribution < 1.29 is 0 Å². The molecule has 0 amide bonds. The highest BCUT2D eigenvalue weighted by molar-refractivity contribution is 4.88. The van der Waals surface area contributed by atoms with Crippen LogP contribution in [0.3, 0.4) is 0 Å². The first-order valence-electron chi connectivity index (χ1n) is 5.88. The molecule has 0 aliphatic carbocycles. The van der Waals surface area contributed by atoms with Gasteiger partial charge in [-0.2, -0.15) is 0 Å². The van der Waals surface area contributed by atoms with Crippen LogP contribution >= 0.6 is 0 Å². The molecule has 0 aromatic rings. The van der Waals surface area contributed by atoms with Gasteiger partial charge in [0, 0.05) is 0 Å². The summed E-state index contributed by atoms with van der Waals surface area (Å²) in [5.74, 6) is 0.766. The molecule has 0 aliphatic rings. The zero-order valence-corrected chi connectivity index (χ0v) is 11.8. The van der Waals surface area contributed by atoms with Gasteiger partial charge in [-0.25, -0.2) is 0 Å². The molecular weight excluding hydrogens is 168 g/mol. The summed E-state index contributed by atoms with van der Waals surface area (Å²) in [6, 6.07) is 0. The normalized spacial score (nSPS) is 16.9. The summed E-state index contributed by atoms with van der Waals surface area (Å²) in [5, 5.41) is 0. The van der Waals surface area contributed by atoms with Crippen molar-refractivity contribution in [2.24, 2.45) is 22.2 Å². The van der Waals surface area contributed by atoms with Gasteiger partial charge in [0.15, 0.2) is 0 Å². The molecule has 1 unspecified atom stereocenters. The van der Waals surface area contributed by atoms with Crippen LogP contribution in [0, 0.1) is 22.2 Å². The van der Waals surface area contributed by atoms with Gasteiger partial charge in [0.1, 0.15) is 0 Å². The molecule has 0 aromatic heterocycles. The van der Waals surface area contributed by atoms with Crippen molar-refractivity contribution in [1.82, 2.24) is 0 Å². The summed E-state index contributed by atoms with van der Waals surface area (Å²) in [5.41, 5.74) is 1.24. The fourth-order valence-corrected chi connectivity index (χ4v) is 1.91. The van der Waals surface area contributed by atoms with Crippen molar-refractivity contribution in [3.05, 3.63) is 0 Å². The molecule has 0 bridgehead atoms. The Bertz CT molecular complexity index is 173. The second-order valence-electron chi connectivity index (χ2n) is 7.64. The van der Waals surface area contributed by atoms with E-state index in [-0.39, 0.29) is 0 Å². The van der Waals surface area contributed by atoms with Gasteiger partial charge >= 0.3 is 0 Å². The fraction of sp³-hybridized carbons (Fsp3) is 1.00. The minimum Gasteiger partial charge on any atom is -0.0620 e. The van der Waals surface area contributed by atoms with Crippen LogP contribution in [-0.2, 0) is 0 Å². The van der Waals surface area contributed by atoms with E-state index in [4.69, 9.17) is 0 Å². The van der Waals surface area contributed by atoms with Gasteiger partial charge < -0.3 is 0 Å². The lowest BCUT2D eigenvalue weighted by molar-refractivity contribution is 0.0409. The minimum absolute atomic E-state index is 0.387. The fourth-order valence-electron chi connectivity index (χ4n) is 1.91. The number of hydrogen-bond acceptors (Lipinski definition) is 0. The zero-order chi connectivity index (χ0) is 11.8. The molecule has 0 rings (SSSR count). The van der Waals surface area contributed by atoms with Crippen molar-refractivity contribution >= 4 is 0 Å². The van der Waals surface area contributed by atoms with Gasteiger partial charge in [0.2, 0.25) is 0 Å². The zero-order valence-electron chi connectivity index (χ0n) is 11.8. The van der Waals surface area contributed by atoms with E-state index in [1.165, 1.54) is 6.42 Å². The molecule has 0 saturated carbocycles. The number of rotatable bonds is 2. The van der Waals surface area contributed by atoms with Gasteiger partial charge in [0.25, 0.3) is 0 Å². The quantitative estimate of drug-likeness (QED) is 0.577. The second-order valence-corrected chi connectivity index (χ2v) is 7.64. The average molecular weight is 198 g/mol. The lowest BCUT2D eigenvalue weighted by Crippen LogP contribution is -2.37. The lowest BCUT2D eigenvalue weighted by atomic mass is 9.60. The second kappa shape index (κ2) is 3.87. The predicted octanol–water partition coefficient (Wildman–Crippen LogP) is 5.13. The topological polar surface area (TPSA) is 0 Å². The SMILES string of the molecule is CC(CC(C)(C)C)C(C)(C)C(C)(C)C. The molecule has 0 aromatic carbocycles. The summed E-state index contributed by atoms with van der Waals surface area (Å²) in [7, 11) is 0. The molecule has 0 saturated heterocycles. The Labute approximate surface area is 91.5 Å². The molecular formula is C14H30. The smallest absolute Gasteiger partial charge is 0.0280 e. The van der Waals surface area contributed by atoms with Crippen LogP contribution in [0.2, 0.25) is 0 Å². The Morgan fingerprint density at radius 1 is 0.786 bits per heavy atom. The monoisotopic (exact) mass is 198 g/mol. The Balaban J connectivity index is 4.61. The van der Waals surface area contributed by atoms with E-state index in [1.807, 2.05) is 0 Å². The maximum absolute atomic E-state index is 2.41. The highest BCUT2D eigenvalue weighted by atomic mass is 14.4. The van der Waals surface area contributed by atoms with Gasteiger partial charge in [-0.3, -0.25) is 0 Å². The summed E-state index contributed by atoms with van der Waals surface area (Å²) in [4.78, 5) is 0. The lowest BCUT2D eigenvalue weighted by Gasteiger charge is -2.45. The summed E-state index contributed by atoms with van der Waals surface area (Å²) >= 11 is 0. The molecule has 1 atom stereocenters. The molecule has 0 heterocycles. The third-order valence-electron chi connectivity index (χ3n) is 4.08. The van der Waals surface area contributed by atoms with E-state index in [0.29, 0.717) is 16.2 Å². The van der Waals surface area contributed by atoms with Crippen molar-refractivity contribution in [3.8, 4) is 0 Å². The van der Waals surface area contributed by atoms with Crippen molar-refractivity contribution in [2.75, 3.05) is 0 Å². The highest BCUT2D eigenvalue weighted by Gasteiger charge is 2.38. The van der Waals surface area contributed by atoms with E-state index in [2.05, 4.69) is 62.3 Å². The molecule has 0 spiro atoms. The van der Waals surface area contributed by atoms with Crippen molar-refractivity contribution in [1.29, 1.82) is 0 Å². The Morgan fingerprint density at radius 3 is 1.36 bits per heavy atom. The van der Waals surface area contributed by atoms with Gasteiger partial charge in [0.05, 0.1) is 0 Å². The maximum atomic E-state index is 2.41. The molecule has 0 radical (unpaired) electrons. The van der Waals surface area contributed by atoms with E-state index >= 15 is 0 Å². The molecule has 0 N–H and O–H groups in total. The largest absolute Gasteiger partial charge is 0.0620 e. The van der Waals surface area contributed by atoms with Crippen LogP contribution in [0.15, 0.2) is 0 Å². The van der Waals surface area contributed by atoms with Crippen LogP contribution in [-0.4, -0.2) is 0 Å². The standard InChI is InChI=1S/C14H30/c1-11(10-12(2,3)4)14(8,9)13(5,6)7/h11H,10H2,1-9H3. The van der Waals surface area contributed by atoms with E-state index in [0.717, 1.165) is 5.92 Å². The maximum Gasteiger partial charge on any atom is -0.0280 e. The van der Waals surface area contributed by atoms with Crippen molar-refractivity contribution in [3.63, 3.8) is 0 Å². The van der Waals surface area contributed by atoms with Crippen LogP contribution in [0.1, 0.15) is 68.7 Å². The van der Waals surface area contributed by atoms with Crippen LogP contribution in [0.4, 0.5) is 0 Å². The molecule has 0 heteroatoms. The predicted molar refractivity (Wildman–Crippen MR) is 66.5 cm³/mol. The van der Waals surface area contributed by atoms with E-state index in [1.54, 1.807) is 0 Å². The van der Waals surface area contributed by atoms with Crippen molar-refractivity contribution in [2.45, 2.75) is 68.7 Å². The molecule has 0 nitrogen and oxygen atoms in total.